The maximum absolute atomic E-state index is 2.33. The first-order valence-corrected chi connectivity index (χ1v) is 17.1. The standard InChI is InChI=1S/3C14H19N/c1-10(2)12-5-6-14-13(9-12)7-8-15(14)11(3)4;1-10(2)13-6-5-12-7-8-15(11(3)4)14(12)9-13;1-10(2)12-6-5-7-14-13(12)8-9-15(14)11(3)4/h3*5-11H,1-4H3. The van der Waals surface area contributed by atoms with Gasteiger partial charge in [-0.1, -0.05) is 71.9 Å². The van der Waals surface area contributed by atoms with Gasteiger partial charge in [0, 0.05) is 58.7 Å². The number of aromatic nitrogens is 3. The molecule has 3 heterocycles. The lowest BCUT2D eigenvalue weighted by atomic mass is 9.99. The Hall–Kier alpha value is -3.72. The fourth-order valence-corrected chi connectivity index (χ4v) is 6.13. The molecule has 3 aromatic carbocycles. The minimum Gasteiger partial charge on any atom is -0.345 e. The van der Waals surface area contributed by atoms with Crippen LogP contribution in [0.4, 0.5) is 0 Å². The van der Waals surface area contributed by atoms with E-state index < -0.39 is 0 Å². The van der Waals surface area contributed by atoms with Crippen LogP contribution in [0.2, 0.25) is 0 Å². The molecule has 0 spiro atoms. The molecule has 3 heteroatoms. The van der Waals surface area contributed by atoms with Crippen molar-refractivity contribution >= 4 is 32.7 Å². The normalized spacial score (nSPS) is 11.9. The topological polar surface area (TPSA) is 14.8 Å². The summed E-state index contributed by atoms with van der Waals surface area (Å²) in [7, 11) is 0. The van der Waals surface area contributed by atoms with Gasteiger partial charge >= 0.3 is 0 Å². The third-order valence-corrected chi connectivity index (χ3v) is 8.91. The van der Waals surface area contributed by atoms with Crippen LogP contribution in [0.15, 0.2) is 91.4 Å². The molecule has 0 aliphatic rings. The predicted octanol–water partition coefficient (Wildman–Crippen LogP) is 13.0. The molecule has 45 heavy (non-hydrogen) atoms. The Bertz CT molecular complexity index is 1810. The lowest BCUT2D eigenvalue weighted by Crippen LogP contribution is -1.98. The van der Waals surface area contributed by atoms with Gasteiger partial charge in [0.25, 0.3) is 0 Å². The van der Waals surface area contributed by atoms with Crippen LogP contribution in [0.5, 0.6) is 0 Å². The minimum absolute atomic E-state index is 0.532. The maximum atomic E-state index is 2.33. The van der Waals surface area contributed by atoms with Crippen molar-refractivity contribution in [3.63, 3.8) is 0 Å². The molecule has 0 aliphatic heterocycles. The second-order valence-electron chi connectivity index (χ2n) is 14.3. The fourth-order valence-electron chi connectivity index (χ4n) is 6.13. The lowest BCUT2D eigenvalue weighted by Gasteiger charge is -2.11. The molecule has 0 N–H and O–H groups in total. The summed E-state index contributed by atoms with van der Waals surface area (Å²) >= 11 is 0. The molecule has 6 rings (SSSR count). The Morgan fingerprint density at radius 2 is 0.911 bits per heavy atom. The highest BCUT2D eigenvalue weighted by molar-refractivity contribution is 5.84. The molecule has 0 aliphatic carbocycles. The Morgan fingerprint density at radius 3 is 1.49 bits per heavy atom. The van der Waals surface area contributed by atoms with Crippen LogP contribution >= 0.6 is 0 Å². The van der Waals surface area contributed by atoms with Gasteiger partial charge in [0.05, 0.1) is 0 Å². The van der Waals surface area contributed by atoms with Gasteiger partial charge in [-0.15, -0.1) is 0 Å². The van der Waals surface area contributed by atoms with E-state index in [0.717, 1.165) is 0 Å². The van der Waals surface area contributed by atoms with E-state index in [1.54, 1.807) is 0 Å². The first-order valence-electron chi connectivity index (χ1n) is 17.1. The summed E-state index contributed by atoms with van der Waals surface area (Å²) in [6.07, 6.45) is 6.56. The van der Waals surface area contributed by atoms with E-state index in [9.17, 15) is 0 Å². The summed E-state index contributed by atoms with van der Waals surface area (Å²) in [5.41, 5.74) is 8.35. The average Bonchev–Trinajstić information content (AvgIpc) is 3.73. The molecule has 3 nitrogen and oxygen atoms in total. The van der Waals surface area contributed by atoms with Gasteiger partial charge in [-0.25, -0.2) is 0 Å². The number of fused-ring (bicyclic) bond motifs is 3. The first kappa shape index (κ1) is 34.2. The Labute approximate surface area is 272 Å². The zero-order valence-corrected chi connectivity index (χ0v) is 30.0. The van der Waals surface area contributed by atoms with Crippen LogP contribution in [-0.4, -0.2) is 13.7 Å². The fraction of sp³-hybridized carbons (Fsp3) is 0.429. The predicted molar refractivity (Wildman–Crippen MR) is 199 cm³/mol. The zero-order chi connectivity index (χ0) is 33.0. The van der Waals surface area contributed by atoms with Crippen LogP contribution in [-0.2, 0) is 0 Å². The van der Waals surface area contributed by atoms with Crippen molar-refractivity contribution in [2.24, 2.45) is 0 Å². The van der Waals surface area contributed by atoms with E-state index in [-0.39, 0.29) is 0 Å². The van der Waals surface area contributed by atoms with Crippen molar-refractivity contribution in [2.75, 3.05) is 0 Å². The zero-order valence-electron chi connectivity index (χ0n) is 30.0. The SMILES string of the molecule is CC(C)c1ccc2c(ccn2C(C)C)c1.CC(C)c1ccc2ccn(C(C)C)c2c1.CC(C)c1cccc2c1ccn2C(C)C. The quantitative estimate of drug-likeness (QED) is 0.180. The Morgan fingerprint density at radius 1 is 0.400 bits per heavy atom. The van der Waals surface area contributed by atoms with Crippen molar-refractivity contribution in [1.82, 2.24) is 13.7 Å². The molecular formula is C42H57N3. The van der Waals surface area contributed by atoms with Gasteiger partial charge in [0.2, 0.25) is 0 Å². The van der Waals surface area contributed by atoms with Gasteiger partial charge in [-0.3, -0.25) is 0 Å². The molecule has 3 aromatic heterocycles. The molecule has 0 bridgehead atoms. The summed E-state index contributed by atoms with van der Waals surface area (Å²) in [5, 5.41) is 4.10. The lowest BCUT2D eigenvalue weighted by molar-refractivity contribution is 0.622. The van der Waals surface area contributed by atoms with Crippen molar-refractivity contribution in [2.45, 2.75) is 119 Å². The summed E-state index contributed by atoms with van der Waals surface area (Å²) in [5.74, 6) is 1.80. The number of hydrogen-bond acceptors (Lipinski definition) is 0. The van der Waals surface area contributed by atoms with Gasteiger partial charge in [-0.2, -0.15) is 0 Å². The van der Waals surface area contributed by atoms with Gasteiger partial charge in [0.15, 0.2) is 0 Å². The average molecular weight is 604 g/mol. The monoisotopic (exact) mass is 603 g/mol. The largest absolute Gasteiger partial charge is 0.345 e. The summed E-state index contributed by atoms with van der Waals surface area (Å²) < 4.78 is 6.99. The van der Waals surface area contributed by atoms with E-state index in [2.05, 4.69) is 188 Å². The molecule has 0 radical (unpaired) electrons. The van der Waals surface area contributed by atoms with Gasteiger partial charge < -0.3 is 13.7 Å². The highest BCUT2D eigenvalue weighted by Crippen LogP contribution is 2.28. The Balaban J connectivity index is 0.000000154. The third kappa shape index (κ3) is 7.75. The minimum atomic E-state index is 0.532. The molecular weight excluding hydrogens is 546 g/mol. The number of hydrogen-bond donors (Lipinski definition) is 0. The van der Waals surface area contributed by atoms with Crippen molar-refractivity contribution in [3.8, 4) is 0 Å². The first-order chi connectivity index (χ1) is 21.3. The molecule has 0 unspecified atom stereocenters. The molecule has 0 fully saturated rings. The van der Waals surface area contributed by atoms with Crippen molar-refractivity contribution in [1.29, 1.82) is 0 Å². The molecule has 240 valence electrons. The van der Waals surface area contributed by atoms with E-state index in [0.29, 0.717) is 35.9 Å². The molecule has 6 aromatic rings. The molecule has 0 atom stereocenters. The number of nitrogens with zero attached hydrogens (tertiary/aromatic N) is 3. The molecule has 0 amide bonds. The van der Waals surface area contributed by atoms with Crippen LogP contribution in [0.3, 0.4) is 0 Å². The van der Waals surface area contributed by atoms with Crippen molar-refractivity contribution < 1.29 is 0 Å². The molecule has 0 saturated carbocycles. The summed E-state index contributed by atoms with van der Waals surface area (Å²) in [4.78, 5) is 0. The van der Waals surface area contributed by atoms with Crippen molar-refractivity contribution in [3.05, 3.63) is 108 Å². The van der Waals surface area contributed by atoms with Gasteiger partial charge in [-0.05, 0) is 129 Å². The number of benzene rings is 3. The second kappa shape index (κ2) is 14.6. The number of rotatable bonds is 6. The highest BCUT2D eigenvalue weighted by Gasteiger charge is 2.10. The van der Waals surface area contributed by atoms with Crippen LogP contribution in [0.25, 0.3) is 32.7 Å². The van der Waals surface area contributed by atoms with E-state index in [4.69, 9.17) is 0 Å². The van der Waals surface area contributed by atoms with E-state index in [1.165, 1.54) is 49.4 Å². The third-order valence-electron chi connectivity index (χ3n) is 8.91. The van der Waals surface area contributed by atoms with Crippen LogP contribution < -0.4 is 0 Å². The Kier molecular flexibility index (Phi) is 11.1. The summed E-state index contributed by atoms with van der Waals surface area (Å²) in [6.45, 7) is 26.8. The molecule has 0 saturated heterocycles. The highest BCUT2D eigenvalue weighted by atomic mass is 15.0. The van der Waals surface area contributed by atoms with E-state index >= 15 is 0 Å². The van der Waals surface area contributed by atoms with E-state index in [1.807, 2.05) is 0 Å². The smallest absolute Gasteiger partial charge is 0.0485 e. The summed E-state index contributed by atoms with van der Waals surface area (Å²) in [6, 6.07) is 28.4. The van der Waals surface area contributed by atoms with Crippen LogP contribution in [0.1, 0.15) is 136 Å². The van der Waals surface area contributed by atoms with Crippen LogP contribution in [0, 0.1) is 0 Å². The second-order valence-corrected chi connectivity index (χ2v) is 14.3. The van der Waals surface area contributed by atoms with Gasteiger partial charge in [0.1, 0.15) is 0 Å². The maximum Gasteiger partial charge on any atom is 0.0485 e.